The summed E-state index contributed by atoms with van der Waals surface area (Å²) in [7, 11) is 0. The van der Waals surface area contributed by atoms with Gasteiger partial charge < -0.3 is 25.4 Å². The predicted molar refractivity (Wildman–Crippen MR) is 103 cm³/mol. The Labute approximate surface area is 175 Å². The highest BCUT2D eigenvalue weighted by Gasteiger charge is 2.57. The third kappa shape index (κ3) is 3.49. The Bertz CT molecular complexity index is 644. The van der Waals surface area contributed by atoms with Crippen LogP contribution in [0.25, 0.3) is 0 Å². The lowest BCUT2D eigenvalue weighted by molar-refractivity contribution is -0.191. The molecule has 9 nitrogen and oxygen atoms in total. The van der Waals surface area contributed by atoms with Crippen molar-refractivity contribution in [2.75, 3.05) is 13.2 Å². The number of esters is 1. The minimum absolute atomic E-state index is 0.0230. The molecule has 0 amide bonds. The second-order valence-electron chi connectivity index (χ2n) is 9.21. The number of cyclic esters (lactones) is 1. The lowest BCUT2D eigenvalue weighted by Crippen LogP contribution is -2.64. The normalized spacial score (nSPS) is 53.4. The third-order valence-electron chi connectivity index (χ3n) is 7.62. The van der Waals surface area contributed by atoms with Gasteiger partial charge in [-0.25, -0.2) is 0 Å². The Morgan fingerprint density at radius 3 is 2.76 bits per heavy atom. The van der Waals surface area contributed by atoms with E-state index < -0.39 is 30.6 Å². The van der Waals surface area contributed by atoms with Gasteiger partial charge in [0.05, 0.1) is 12.3 Å². The molecule has 4 heterocycles. The van der Waals surface area contributed by atoms with Gasteiger partial charge in [0.25, 0.3) is 0 Å². The average molecular weight is 431 g/mol. The van der Waals surface area contributed by atoms with Crippen LogP contribution in [0, 0.1) is 17.8 Å². The summed E-state index contributed by atoms with van der Waals surface area (Å²) in [4.78, 5) is 14.3. The zero-order chi connectivity index (χ0) is 20.3. The number of nitrogens with two attached hydrogens (primary N) is 1. The molecule has 0 aromatic carbocycles. The van der Waals surface area contributed by atoms with Gasteiger partial charge in [-0.1, -0.05) is 0 Å². The highest BCUT2D eigenvalue weighted by Crippen LogP contribution is 2.45. The van der Waals surface area contributed by atoms with E-state index in [0.29, 0.717) is 19.6 Å². The van der Waals surface area contributed by atoms with Gasteiger partial charge in [-0.15, -0.1) is 11.6 Å². The molecule has 0 aromatic heterocycles. The number of rotatable bonds is 2. The van der Waals surface area contributed by atoms with Crippen LogP contribution in [0.2, 0.25) is 0 Å². The molecule has 10 heteroatoms. The molecule has 0 spiro atoms. The molecule has 11 atom stereocenters. The smallest absolute Gasteiger partial charge is 0.306 e. The van der Waals surface area contributed by atoms with Gasteiger partial charge >= 0.3 is 5.97 Å². The first-order valence-corrected chi connectivity index (χ1v) is 11.2. The van der Waals surface area contributed by atoms with Crippen molar-refractivity contribution in [3.63, 3.8) is 0 Å². The first-order valence-electron chi connectivity index (χ1n) is 10.8. The molecule has 4 saturated heterocycles. The van der Waals surface area contributed by atoms with E-state index in [2.05, 4.69) is 15.5 Å². The quantitative estimate of drug-likeness (QED) is 0.272. The van der Waals surface area contributed by atoms with Crippen LogP contribution in [0.5, 0.6) is 0 Å². The minimum atomic E-state index is -1.11. The second-order valence-corrected chi connectivity index (χ2v) is 9.83. The zero-order valence-corrected chi connectivity index (χ0v) is 17.1. The van der Waals surface area contributed by atoms with Crippen LogP contribution >= 0.6 is 11.6 Å². The van der Waals surface area contributed by atoms with Crippen LogP contribution < -0.4 is 16.4 Å². The Morgan fingerprint density at radius 1 is 1.10 bits per heavy atom. The Balaban J connectivity index is 1.34. The number of likely N-dealkylation sites (tertiary alicyclic amines) is 1. The molecule has 6 N–H and O–H groups in total. The Morgan fingerprint density at radius 2 is 1.93 bits per heavy atom. The van der Waals surface area contributed by atoms with Crippen LogP contribution in [0.15, 0.2) is 0 Å². The number of aliphatic hydroxyl groups excluding tert-OH is 2. The van der Waals surface area contributed by atoms with Crippen molar-refractivity contribution in [3.8, 4) is 0 Å². The first kappa shape index (κ1) is 20.4. The topological polar surface area (TPSA) is 129 Å². The summed E-state index contributed by atoms with van der Waals surface area (Å²) in [5.74, 6) is 0.171. The molecule has 5 rings (SSSR count). The molecule has 0 bridgehead atoms. The van der Waals surface area contributed by atoms with Crippen LogP contribution in [0.3, 0.4) is 0 Å². The van der Waals surface area contributed by atoms with Gasteiger partial charge in [0.2, 0.25) is 0 Å². The van der Waals surface area contributed by atoms with Gasteiger partial charge in [-0.3, -0.25) is 20.3 Å². The summed E-state index contributed by atoms with van der Waals surface area (Å²) in [6.07, 6.45) is -0.574. The van der Waals surface area contributed by atoms with E-state index in [9.17, 15) is 15.0 Å². The van der Waals surface area contributed by atoms with E-state index >= 15 is 0 Å². The van der Waals surface area contributed by atoms with E-state index in [1.54, 1.807) is 0 Å². The monoisotopic (exact) mass is 430 g/mol. The number of ether oxygens (including phenoxy) is 2. The fraction of sp³-hybridized carbons (Fsp3) is 0.947. The van der Waals surface area contributed by atoms with Gasteiger partial charge in [-0.05, 0) is 31.6 Å². The highest BCUT2D eigenvalue weighted by atomic mass is 35.5. The number of halogens is 1. The summed E-state index contributed by atoms with van der Waals surface area (Å²) in [6.45, 7) is 1.29. The predicted octanol–water partition coefficient (Wildman–Crippen LogP) is -1.14. The largest absolute Gasteiger partial charge is 0.459 e. The molecule has 5 aliphatic rings. The number of hydrogen-bond donors (Lipinski definition) is 5. The van der Waals surface area contributed by atoms with Crippen LogP contribution in [-0.2, 0) is 14.3 Å². The van der Waals surface area contributed by atoms with Crippen LogP contribution in [0.4, 0.5) is 0 Å². The van der Waals surface area contributed by atoms with Crippen molar-refractivity contribution in [1.82, 2.24) is 15.5 Å². The van der Waals surface area contributed by atoms with E-state index in [-0.39, 0.29) is 41.4 Å². The zero-order valence-electron chi connectivity index (χ0n) is 16.3. The third-order valence-corrected chi connectivity index (χ3v) is 8.01. The molecule has 6 unspecified atom stereocenters. The van der Waals surface area contributed by atoms with Crippen LogP contribution in [0.1, 0.15) is 32.1 Å². The number of nitrogens with one attached hydrogen (secondary N) is 2. The fourth-order valence-electron chi connectivity index (χ4n) is 6.14. The van der Waals surface area contributed by atoms with Gasteiger partial charge in [-0.2, -0.15) is 0 Å². The molecular weight excluding hydrogens is 400 g/mol. The standard InChI is InChI=1S/C19H31ClN4O5/c20-9-1-2-10-8(5-9)6-12(25)28-15(10)16-13(26)14(27)19(29-16)24-4-3-11-17(21)22-7-23-18(11)24/h8-11,13-19,22-23,26-27H,1-7,21H2/t8?,9?,10?,11?,13-,14+,15+,16-,17?,18?,19+/m0/s1. The van der Waals surface area contributed by atoms with Gasteiger partial charge in [0, 0.05) is 36.8 Å². The van der Waals surface area contributed by atoms with Crippen molar-refractivity contribution >= 4 is 17.6 Å². The van der Waals surface area contributed by atoms with E-state index in [4.69, 9.17) is 26.8 Å². The van der Waals surface area contributed by atoms with Gasteiger partial charge in [0.15, 0.2) is 0 Å². The van der Waals surface area contributed by atoms with Crippen LogP contribution in [-0.4, -0.2) is 82.6 Å². The molecule has 0 aromatic rings. The maximum absolute atomic E-state index is 12.2. The Kier molecular flexibility index (Phi) is 5.53. The molecular formula is C19H31ClN4O5. The maximum Gasteiger partial charge on any atom is 0.306 e. The highest BCUT2D eigenvalue weighted by molar-refractivity contribution is 6.20. The van der Waals surface area contributed by atoms with Crippen molar-refractivity contribution in [2.24, 2.45) is 23.5 Å². The molecule has 29 heavy (non-hydrogen) atoms. The van der Waals surface area contributed by atoms with Crippen molar-refractivity contribution in [1.29, 1.82) is 0 Å². The van der Waals surface area contributed by atoms with E-state index in [1.165, 1.54) is 0 Å². The fourth-order valence-corrected chi connectivity index (χ4v) is 6.50. The molecule has 0 radical (unpaired) electrons. The average Bonchev–Trinajstić information content (AvgIpc) is 3.23. The molecule has 5 fully saturated rings. The summed E-state index contributed by atoms with van der Waals surface area (Å²) < 4.78 is 11.9. The minimum Gasteiger partial charge on any atom is -0.459 e. The maximum atomic E-state index is 12.2. The van der Waals surface area contributed by atoms with Crippen molar-refractivity contribution < 1.29 is 24.5 Å². The Hall–Kier alpha value is -0.520. The van der Waals surface area contributed by atoms with E-state index in [1.807, 2.05) is 0 Å². The summed E-state index contributed by atoms with van der Waals surface area (Å²) >= 11 is 6.33. The van der Waals surface area contributed by atoms with Crippen molar-refractivity contribution in [2.45, 2.75) is 80.5 Å². The lowest BCUT2D eigenvalue weighted by Gasteiger charge is -2.44. The number of aliphatic hydroxyl groups is 2. The van der Waals surface area contributed by atoms with Crippen molar-refractivity contribution in [3.05, 3.63) is 0 Å². The lowest BCUT2D eigenvalue weighted by atomic mass is 9.71. The summed E-state index contributed by atoms with van der Waals surface area (Å²) in [5, 5.41) is 28.3. The SMILES string of the molecule is NC1NCNC2C1CCN2[C@@H]1O[C@H]([C@@H]2OC(=O)CC3CC(Cl)CCC32)[C@@H](O)[C@H]1O. The summed E-state index contributed by atoms with van der Waals surface area (Å²) in [6, 6.07) is 0. The number of fused-ring (bicyclic) bond motifs is 2. The number of carbonyl (C=O) groups excluding carboxylic acids is 1. The number of alkyl halides is 1. The van der Waals surface area contributed by atoms with Gasteiger partial charge in [0.1, 0.15) is 30.6 Å². The van der Waals surface area contributed by atoms with E-state index in [0.717, 1.165) is 25.7 Å². The molecule has 164 valence electrons. The molecule has 1 aliphatic carbocycles. The second kappa shape index (κ2) is 7.87. The first-order chi connectivity index (χ1) is 13.9. The molecule has 4 aliphatic heterocycles. The number of carbonyl (C=O) groups is 1. The molecule has 1 saturated carbocycles. The summed E-state index contributed by atoms with van der Waals surface area (Å²) in [5.41, 5.74) is 6.19. The number of nitrogens with zero attached hydrogens (tertiary/aromatic N) is 1. The number of hydrogen-bond acceptors (Lipinski definition) is 9.